The number of alkyl halides is 3. The highest BCUT2D eigenvalue weighted by atomic mass is 19.4. The van der Waals surface area contributed by atoms with E-state index < -0.39 is 29.1 Å². The molecule has 2 unspecified atom stereocenters. The molecule has 3 aromatic rings. The number of halogens is 5. The van der Waals surface area contributed by atoms with E-state index in [1.165, 1.54) is 0 Å². The normalized spacial score (nSPS) is 18.7. The summed E-state index contributed by atoms with van der Waals surface area (Å²) in [6.45, 7) is 1.82. The van der Waals surface area contributed by atoms with Crippen LogP contribution in [0, 0.1) is 11.6 Å². The molecule has 0 radical (unpaired) electrons. The molecular weight excluding hydrogens is 439 g/mol. The largest absolute Gasteiger partial charge is 0.495 e. The summed E-state index contributed by atoms with van der Waals surface area (Å²) in [6.07, 6.45) is -3.23. The first kappa shape index (κ1) is 22.1. The summed E-state index contributed by atoms with van der Waals surface area (Å²) in [7, 11) is 1.12. The molecule has 8 nitrogen and oxygen atoms in total. The van der Waals surface area contributed by atoms with Crippen molar-refractivity contribution in [2.45, 2.75) is 31.2 Å². The van der Waals surface area contributed by atoms with Gasteiger partial charge in [-0.3, -0.25) is 0 Å². The van der Waals surface area contributed by atoms with Crippen molar-refractivity contribution in [2.75, 3.05) is 25.5 Å². The molecule has 13 heteroatoms. The van der Waals surface area contributed by atoms with Crippen molar-refractivity contribution >= 4 is 11.5 Å². The second kappa shape index (κ2) is 7.81. The summed E-state index contributed by atoms with van der Waals surface area (Å²) in [5.41, 5.74) is -4.71. The number of fused-ring (bicyclic) bond motifs is 1. The van der Waals surface area contributed by atoms with Gasteiger partial charge < -0.3 is 20.5 Å². The highest BCUT2D eigenvalue weighted by Crippen LogP contribution is 2.41. The van der Waals surface area contributed by atoms with Gasteiger partial charge in [-0.15, -0.1) is 0 Å². The fourth-order valence-corrected chi connectivity index (χ4v) is 3.41. The summed E-state index contributed by atoms with van der Waals surface area (Å²) >= 11 is 0. The van der Waals surface area contributed by atoms with E-state index in [0.29, 0.717) is 26.0 Å². The van der Waals surface area contributed by atoms with Crippen LogP contribution in [0.2, 0.25) is 0 Å². The molecule has 1 saturated heterocycles. The van der Waals surface area contributed by atoms with Gasteiger partial charge in [-0.05, 0) is 19.9 Å². The Balaban J connectivity index is 1.86. The van der Waals surface area contributed by atoms with Crippen molar-refractivity contribution in [3.63, 3.8) is 0 Å². The predicted molar refractivity (Wildman–Crippen MR) is 103 cm³/mol. The summed E-state index contributed by atoms with van der Waals surface area (Å²) in [5.74, 6) is -2.54. The summed E-state index contributed by atoms with van der Waals surface area (Å²) in [4.78, 5) is 8.02. The Kier molecular flexibility index (Phi) is 5.41. The number of nitrogens with one attached hydrogen (secondary N) is 2. The Hall–Kier alpha value is -3.06. The van der Waals surface area contributed by atoms with Gasteiger partial charge in [-0.2, -0.15) is 18.3 Å². The molecule has 2 atom stereocenters. The van der Waals surface area contributed by atoms with Gasteiger partial charge in [-0.1, -0.05) is 0 Å². The average Bonchev–Trinajstić information content (AvgIpc) is 3.37. The lowest BCUT2D eigenvalue weighted by Gasteiger charge is -2.26. The van der Waals surface area contributed by atoms with Gasteiger partial charge >= 0.3 is 6.18 Å². The number of anilines is 1. The van der Waals surface area contributed by atoms with Crippen LogP contribution in [-0.4, -0.2) is 57.1 Å². The molecule has 32 heavy (non-hydrogen) atoms. The van der Waals surface area contributed by atoms with Gasteiger partial charge in [0.05, 0.1) is 13.3 Å². The highest BCUT2D eigenvalue weighted by Gasteiger charge is 2.54. The van der Waals surface area contributed by atoms with E-state index in [0.717, 1.165) is 30.4 Å². The average molecular weight is 458 g/mol. The zero-order valence-corrected chi connectivity index (χ0v) is 17.0. The smallest absolute Gasteiger partial charge is 0.422 e. The van der Waals surface area contributed by atoms with Crippen molar-refractivity contribution in [2.24, 2.45) is 0 Å². The topological polar surface area (TPSA) is 96.6 Å². The number of hydrogen-bond acceptors (Lipinski definition) is 7. The lowest BCUT2D eigenvalue weighted by molar-refractivity contribution is -0.261. The molecule has 172 valence electrons. The Labute approximate surface area is 178 Å². The molecule has 4 rings (SSSR count). The summed E-state index contributed by atoms with van der Waals surface area (Å²) in [6, 6.07) is 1.63. The fourth-order valence-electron chi connectivity index (χ4n) is 3.41. The Bertz CT molecular complexity index is 1160. The number of imidazole rings is 1. The lowest BCUT2D eigenvalue weighted by atomic mass is 10.0. The van der Waals surface area contributed by atoms with Crippen LogP contribution >= 0.6 is 0 Å². The first-order valence-electron chi connectivity index (χ1n) is 9.59. The molecule has 0 amide bonds. The monoisotopic (exact) mass is 458 g/mol. The van der Waals surface area contributed by atoms with Gasteiger partial charge in [0, 0.05) is 24.7 Å². The molecule has 0 aliphatic carbocycles. The van der Waals surface area contributed by atoms with E-state index in [9.17, 15) is 27.1 Å². The molecule has 0 bridgehead atoms. The van der Waals surface area contributed by atoms with E-state index in [-0.39, 0.29) is 34.6 Å². The van der Waals surface area contributed by atoms with Crippen molar-refractivity contribution in [1.29, 1.82) is 0 Å². The van der Waals surface area contributed by atoms with Crippen molar-refractivity contribution in [1.82, 2.24) is 24.9 Å². The van der Waals surface area contributed by atoms with Crippen LogP contribution < -0.4 is 15.4 Å². The number of methoxy groups -OCH3 is 1. The first-order chi connectivity index (χ1) is 15.0. The molecule has 1 aliphatic rings. The van der Waals surface area contributed by atoms with Crippen LogP contribution in [0.1, 0.15) is 19.0 Å². The minimum absolute atomic E-state index is 0.0126. The van der Waals surface area contributed by atoms with E-state index in [4.69, 9.17) is 4.74 Å². The number of aliphatic hydroxyl groups is 1. The molecular formula is C19H19F5N6O2. The number of rotatable bonds is 5. The maximum absolute atomic E-state index is 14.6. The molecule has 4 heterocycles. The zero-order valence-electron chi connectivity index (χ0n) is 17.0. The number of nitrogens with zero attached hydrogens (tertiary/aromatic N) is 4. The predicted octanol–water partition coefficient (Wildman–Crippen LogP) is 2.62. The Morgan fingerprint density at radius 1 is 1.25 bits per heavy atom. The minimum Gasteiger partial charge on any atom is -0.495 e. The number of pyridine rings is 1. The third-order valence-electron chi connectivity index (χ3n) is 5.26. The third-order valence-corrected chi connectivity index (χ3v) is 5.26. The highest BCUT2D eigenvalue weighted by molar-refractivity contribution is 5.63. The second-order valence-electron chi connectivity index (χ2n) is 7.53. The Morgan fingerprint density at radius 2 is 2.00 bits per heavy atom. The van der Waals surface area contributed by atoms with E-state index in [1.807, 2.05) is 0 Å². The van der Waals surface area contributed by atoms with Crippen LogP contribution in [0.25, 0.3) is 17.0 Å². The molecule has 0 aromatic carbocycles. The minimum atomic E-state index is -5.08. The van der Waals surface area contributed by atoms with Crippen molar-refractivity contribution in [3.05, 3.63) is 35.7 Å². The van der Waals surface area contributed by atoms with Crippen molar-refractivity contribution in [3.8, 4) is 17.1 Å². The van der Waals surface area contributed by atoms with E-state index in [1.54, 1.807) is 0 Å². The van der Waals surface area contributed by atoms with Gasteiger partial charge in [0.15, 0.2) is 23.1 Å². The van der Waals surface area contributed by atoms with Gasteiger partial charge in [0.2, 0.25) is 5.60 Å². The van der Waals surface area contributed by atoms with Crippen LogP contribution in [0.4, 0.5) is 27.8 Å². The van der Waals surface area contributed by atoms with Crippen molar-refractivity contribution < 1.29 is 31.8 Å². The standard InChI is InChI=1S/C19H19F5N6O2/c1-18(31,19(22,23)24)16-13(32-2)6-14-26-8-12(30(14)29-16)15-10(20)5-11(21)17(28-15)27-9-3-4-25-7-9/h5-6,8-9,25,31H,3-4,7H2,1-2H3,(H,27,28). The zero-order chi connectivity index (χ0) is 23.3. The second-order valence-corrected chi connectivity index (χ2v) is 7.53. The quantitative estimate of drug-likeness (QED) is 0.506. The third kappa shape index (κ3) is 3.71. The van der Waals surface area contributed by atoms with Gasteiger partial charge in [-0.25, -0.2) is 23.3 Å². The number of aromatic nitrogens is 4. The Morgan fingerprint density at radius 3 is 2.62 bits per heavy atom. The fraction of sp³-hybridized carbons (Fsp3) is 0.421. The van der Waals surface area contributed by atoms with Crippen LogP contribution in [0.3, 0.4) is 0 Å². The van der Waals surface area contributed by atoms with E-state index >= 15 is 0 Å². The molecule has 1 aliphatic heterocycles. The molecule has 3 aromatic heterocycles. The van der Waals surface area contributed by atoms with Crippen LogP contribution in [-0.2, 0) is 5.60 Å². The van der Waals surface area contributed by atoms with Gasteiger partial charge in [0.1, 0.15) is 22.8 Å². The molecule has 0 spiro atoms. The molecule has 0 saturated carbocycles. The lowest BCUT2D eigenvalue weighted by Crippen LogP contribution is -2.40. The van der Waals surface area contributed by atoms with Crippen LogP contribution in [0.5, 0.6) is 5.75 Å². The maximum Gasteiger partial charge on any atom is 0.422 e. The maximum atomic E-state index is 14.6. The van der Waals surface area contributed by atoms with E-state index in [2.05, 4.69) is 25.7 Å². The summed E-state index contributed by atoms with van der Waals surface area (Å²) < 4.78 is 75.1. The molecule has 1 fully saturated rings. The number of ether oxygens (including phenoxy) is 1. The SMILES string of the molecule is COc1cc2ncc(-c3nc(NC4CCNC4)c(F)cc3F)n2nc1C(C)(O)C(F)(F)F. The van der Waals surface area contributed by atoms with Gasteiger partial charge in [0.25, 0.3) is 0 Å². The summed E-state index contributed by atoms with van der Waals surface area (Å²) in [5, 5.41) is 20.0. The molecule has 3 N–H and O–H groups in total. The number of hydrogen-bond donors (Lipinski definition) is 3. The van der Waals surface area contributed by atoms with Crippen LogP contribution in [0.15, 0.2) is 18.3 Å². The first-order valence-corrected chi connectivity index (χ1v) is 9.59.